The Morgan fingerprint density at radius 2 is 1.73 bits per heavy atom. The maximum Gasteiger partial charge on any atom is 0.407 e. The Balaban J connectivity index is 1.51. The second-order valence-corrected chi connectivity index (χ2v) is 13.5. The number of anilines is 1. The molecule has 2 saturated heterocycles. The second-order valence-electron chi connectivity index (χ2n) is 13.5. The van der Waals surface area contributed by atoms with Crippen molar-refractivity contribution in [2.45, 2.75) is 72.2 Å². The Morgan fingerprint density at radius 3 is 2.40 bits per heavy atom. The SMILES string of the molecule is CC(C)=CCn1c(N2CCCC(NC(=O)OC(C)(C)C)C2)nc2c1c(=O)n(CC(=O)c1ccccc1C(=O)N1CCOCC1)c(=O)n2C. The van der Waals surface area contributed by atoms with E-state index in [9.17, 15) is 24.0 Å². The number of amides is 2. The standard InChI is InChI=1S/C34H45N7O7/c1-22(2)13-15-40-27-28(36-31(40)39-14-9-10-23(20-39)35-32(45)48-34(3,4)5)37(6)33(46)41(30(27)44)21-26(42)24-11-7-8-12-25(24)29(43)38-16-18-47-19-17-38/h7-8,11-13,23H,9-10,14-21H2,1-6H3,(H,35,45). The smallest absolute Gasteiger partial charge is 0.407 e. The van der Waals surface area contributed by atoms with Crippen molar-refractivity contribution in [2.75, 3.05) is 44.3 Å². The Bertz CT molecular complexity index is 1850. The molecule has 5 rings (SSSR count). The summed E-state index contributed by atoms with van der Waals surface area (Å²) in [4.78, 5) is 75.9. The number of imidazole rings is 1. The summed E-state index contributed by atoms with van der Waals surface area (Å²) in [5, 5.41) is 2.95. The number of nitrogens with one attached hydrogen (secondary N) is 1. The van der Waals surface area contributed by atoms with Crippen molar-refractivity contribution in [3.05, 3.63) is 67.9 Å². The summed E-state index contributed by atoms with van der Waals surface area (Å²) in [6.45, 7) is 11.7. The van der Waals surface area contributed by atoms with Crippen LogP contribution in [0.1, 0.15) is 68.2 Å². The van der Waals surface area contributed by atoms with E-state index in [1.807, 2.05) is 24.8 Å². The molecule has 1 unspecified atom stereocenters. The summed E-state index contributed by atoms with van der Waals surface area (Å²) in [5.41, 5.74) is -0.242. The molecule has 0 aliphatic carbocycles. The number of aromatic nitrogens is 4. The molecule has 0 saturated carbocycles. The van der Waals surface area contributed by atoms with Crippen molar-refractivity contribution < 1.29 is 23.9 Å². The van der Waals surface area contributed by atoms with Gasteiger partial charge < -0.3 is 29.2 Å². The van der Waals surface area contributed by atoms with Gasteiger partial charge in [0.25, 0.3) is 11.5 Å². The van der Waals surface area contributed by atoms with Crippen LogP contribution in [-0.4, -0.2) is 92.4 Å². The van der Waals surface area contributed by atoms with Crippen LogP contribution in [0, 0.1) is 0 Å². The van der Waals surface area contributed by atoms with E-state index in [0.29, 0.717) is 51.9 Å². The summed E-state index contributed by atoms with van der Waals surface area (Å²) >= 11 is 0. The molecule has 1 atom stereocenters. The van der Waals surface area contributed by atoms with Crippen molar-refractivity contribution in [1.82, 2.24) is 28.9 Å². The minimum absolute atomic E-state index is 0.138. The second kappa shape index (κ2) is 14.2. The Labute approximate surface area is 278 Å². The van der Waals surface area contributed by atoms with Crippen molar-refractivity contribution in [3.63, 3.8) is 0 Å². The summed E-state index contributed by atoms with van der Waals surface area (Å²) in [6, 6.07) is 6.24. The normalized spacial score (nSPS) is 16.9. The van der Waals surface area contributed by atoms with Crippen LogP contribution < -0.4 is 21.5 Å². The van der Waals surface area contributed by atoms with Gasteiger partial charge in [-0.25, -0.2) is 9.59 Å². The highest BCUT2D eigenvalue weighted by Crippen LogP contribution is 2.24. The summed E-state index contributed by atoms with van der Waals surface area (Å²) in [5.74, 6) is -0.354. The number of alkyl carbamates (subject to hydrolysis) is 1. The lowest BCUT2D eigenvalue weighted by molar-refractivity contribution is 0.0301. The largest absolute Gasteiger partial charge is 0.444 e. The fraction of sp³-hybridized carbons (Fsp3) is 0.529. The number of hydrogen-bond donors (Lipinski definition) is 1. The van der Waals surface area contributed by atoms with E-state index in [1.165, 1.54) is 11.6 Å². The minimum atomic E-state index is -0.695. The van der Waals surface area contributed by atoms with Gasteiger partial charge in [0, 0.05) is 51.4 Å². The number of aryl methyl sites for hydroxylation is 1. The van der Waals surface area contributed by atoms with Gasteiger partial charge in [0.1, 0.15) is 5.60 Å². The molecule has 0 bridgehead atoms. The number of morpholine rings is 1. The van der Waals surface area contributed by atoms with Gasteiger partial charge in [-0.3, -0.25) is 23.5 Å². The molecule has 48 heavy (non-hydrogen) atoms. The Morgan fingerprint density at radius 1 is 1.04 bits per heavy atom. The van der Waals surface area contributed by atoms with E-state index in [1.54, 1.807) is 54.5 Å². The molecule has 4 heterocycles. The number of fused-ring (bicyclic) bond motifs is 1. The minimum Gasteiger partial charge on any atom is -0.444 e. The average Bonchev–Trinajstić information content (AvgIpc) is 3.44. The number of ketones is 1. The first-order valence-electron chi connectivity index (χ1n) is 16.3. The molecule has 2 amide bonds. The van der Waals surface area contributed by atoms with Gasteiger partial charge in [0.2, 0.25) is 5.95 Å². The lowest BCUT2D eigenvalue weighted by Crippen LogP contribution is -2.49. The van der Waals surface area contributed by atoms with Gasteiger partial charge in [-0.05, 0) is 53.5 Å². The number of benzene rings is 1. The molecule has 2 fully saturated rings. The van der Waals surface area contributed by atoms with Crippen molar-refractivity contribution in [3.8, 4) is 0 Å². The highest BCUT2D eigenvalue weighted by molar-refractivity contribution is 6.08. The summed E-state index contributed by atoms with van der Waals surface area (Å²) < 4.78 is 14.8. The number of Topliss-reactive ketones (excluding diaryl/α,β-unsaturated/α-hetero) is 1. The van der Waals surface area contributed by atoms with Crippen LogP contribution in [0.2, 0.25) is 0 Å². The van der Waals surface area contributed by atoms with Crippen LogP contribution in [0.4, 0.5) is 10.7 Å². The molecule has 0 spiro atoms. The molecule has 2 aliphatic heterocycles. The van der Waals surface area contributed by atoms with E-state index in [2.05, 4.69) is 5.32 Å². The number of carbonyl (C=O) groups is 3. The predicted molar refractivity (Wildman–Crippen MR) is 181 cm³/mol. The quantitative estimate of drug-likeness (QED) is 0.284. The highest BCUT2D eigenvalue weighted by Gasteiger charge is 2.30. The summed E-state index contributed by atoms with van der Waals surface area (Å²) in [7, 11) is 1.52. The first kappa shape index (κ1) is 34.6. The zero-order valence-electron chi connectivity index (χ0n) is 28.6. The zero-order valence-corrected chi connectivity index (χ0v) is 28.6. The molecule has 2 aliphatic rings. The average molecular weight is 664 g/mol. The number of rotatable bonds is 8. The third-order valence-corrected chi connectivity index (χ3v) is 8.38. The fourth-order valence-corrected chi connectivity index (χ4v) is 6.02. The van der Waals surface area contributed by atoms with E-state index in [4.69, 9.17) is 14.5 Å². The highest BCUT2D eigenvalue weighted by atomic mass is 16.6. The molecule has 2 aromatic heterocycles. The third kappa shape index (κ3) is 7.53. The fourth-order valence-electron chi connectivity index (χ4n) is 6.02. The zero-order chi connectivity index (χ0) is 34.7. The van der Waals surface area contributed by atoms with Crippen molar-refractivity contribution >= 4 is 34.9 Å². The van der Waals surface area contributed by atoms with Crippen LogP contribution in [0.5, 0.6) is 0 Å². The van der Waals surface area contributed by atoms with Gasteiger partial charge in [-0.15, -0.1) is 0 Å². The number of piperidine rings is 1. The van der Waals surface area contributed by atoms with Crippen LogP contribution >= 0.6 is 0 Å². The lowest BCUT2D eigenvalue weighted by atomic mass is 10.0. The maximum atomic E-state index is 14.2. The van der Waals surface area contributed by atoms with Crippen LogP contribution in [0.3, 0.4) is 0 Å². The van der Waals surface area contributed by atoms with Gasteiger partial charge in [0.15, 0.2) is 16.9 Å². The molecule has 0 radical (unpaired) electrons. The van der Waals surface area contributed by atoms with Crippen LogP contribution in [-0.2, 0) is 29.6 Å². The monoisotopic (exact) mass is 663 g/mol. The molecular weight excluding hydrogens is 618 g/mol. The first-order valence-corrected chi connectivity index (χ1v) is 16.3. The van der Waals surface area contributed by atoms with Crippen molar-refractivity contribution in [2.24, 2.45) is 7.05 Å². The number of carbonyl (C=O) groups excluding carboxylic acids is 3. The first-order chi connectivity index (χ1) is 22.7. The Kier molecular flexibility index (Phi) is 10.2. The van der Waals surface area contributed by atoms with E-state index in [-0.39, 0.29) is 34.2 Å². The van der Waals surface area contributed by atoms with Crippen molar-refractivity contribution in [1.29, 1.82) is 0 Å². The molecule has 1 N–H and O–H groups in total. The lowest BCUT2D eigenvalue weighted by Gasteiger charge is -2.34. The molecule has 258 valence electrons. The van der Waals surface area contributed by atoms with Crippen LogP contribution in [0.25, 0.3) is 11.2 Å². The maximum absolute atomic E-state index is 14.2. The summed E-state index contributed by atoms with van der Waals surface area (Å²) in [6.07, 6.45) is 2.95. The van der Waals surface area contributed by atoms with Gasteiger partial charge >= 0.3 is 11.8 Å². The predicted octanol–water partition coefficient (Wildman–Crippen LogP) is 2.71. The van der Waals surface area contributed by atoms with E-state index in [0.717, 1.165) is 23.0 Å². The number of nitrogens with zero attached hydrogens (tertiary/aromatic N) is 6. The number of hydrogen-bond acceptors (Lipinski definition) is 9. The van der Waals surface area contributed by atoms with Gasteiger partial charge in [-0.1, -0.05) is 29.8 Å². The molecule has 14 heteroatoms. The van der Waals surface area contributed by atoms with Gasteiger partial charge in [-0.2, -0.15) is 4.98 Å². The third-order valence-electron chi connectivity index (χ3n) is 8.38. The van der Waals surface area contributed by atoms with Crippen LogP contribution in [0.15, 0.2) is 45.5 Å². The molecule has 14 nitrogen and oxygen atoms in total. The molecular formula is C34H45N7O7. The topological polar surface area (TPSA) is 150 Å². The number of ether oxygens (including phenoxy) is 2. The number of allylic oxidation sites excluding steroid dienone is 2. The van der Waals surface area contributed by atoms with Gasteiger partial charge in [0.05, 0.1) is 25.3 Å². The van der Waals surface area contributed by atoms with E-state index >= 15 is 0 Å². The Hall–Kier alpha value is -4.72. The van der Waals surface area contributed by atoms with E-state index < -0.39 is 35.3 Å². The molecule has 1 aromatic carbocycles. The molecule has 3 aromatic rings.